The van der Waals surface area contributed by atoms with Gasteiger partial charge in [-0.1, -0.05) is 18.2 Å². The molecule has 1 aromatic carbocycles. The van der Waals surface area contributed by atoms with Crippen LogP contribution in [0.4, 0.5) is 0 Å². The Kier molecular flexibility index (Phi) is 3.29. The smallest absolute Gasteiger partial charge is 0.0483 e. The Labute approximate surface area is 112 Å². The molecule has 0 atom stereocenters. The highest BCUT2D eigenvalue weighted by atomic mass is 15.0. The van der Waals surface area contributed by atoms with Crippen molar-refractivity contribution in [2.75, 3.05) is 0 Å². The number of nitrogens with zero attached hydrogens (tertiary/aromatic N) is 2. The molecule has 0 aliphatic heterocycles. The van der Waals surface area contributed by atoms with Gasteiger partial charge in [0.2, 0.25) is 0 Å². The molecule has 0 saturated heterocycles. The quantitative estimate of drug-likeness (QED) is 0.775. The molecular formula is C16H17N3. The van der Waals surface area contributed by atoms with Crippen molar-refractivity contribution in [1.29, 1.82) is 0 Å². The second-order valence-electron chi connectivity index (χ2n) is 4.67. The molecule has 3 aromatic rings. The lowest BCUT2D eigenvalue weighted by atomic mass is 10.2. The number of nitrogens with two attached hydrogens (primary N) is 1. The fourth-order valence-corrected chi connectivity index (χ4v) is 2.47. The van der Waals surface area contributed by atoms with Crippen LogP contribution < -0.4 is 5.73 Å². The molecule has 0 aliphatic carbocycles. The van der Waals surface area contributed by atoms with Crippen LogP contribution in [0.15, 0.2) is 55.0 Å². The molecule has 3 rings (SSSR count). The van der Waals surface area contributed by atoms with E-state index in [4.69, 9.17) is 5.73 Å². The number of rotatable bonds is 4. The standard InChI is InChI=1S/C16H17N3/c17-11-14-12-19(16-4-2-1-3-15(14)16)10-7-13-5-8-18-9-6-13/h1-6,8-9,12H,7,10-11,17H2. The molecule has 0 bridgehead atoms. The van der Waals surface area contributed by atoms with Crippen molar-refractivity contribution >= 4 is 10.9 Å². The summed E-state index contributed by atoms with van der Waals surface area (Å²) < 4.78 is 2.29. The third-order valence-electron chi connectivity index (χ3n) is 3.48. The number of hydrogen-bond acceptors (Lipinski definition) is 2. The number of fused-ring (bicyclic) bond motifs is 1. The van der Waals surface area contributed by atoms with Gasteiger partial charge in [-0.05, 0) is 35.7 Å². The molecule has 2 heterocycles. The maximum absolute atomic E-state index is 5.81. The van der Waals surface area contributed by atoms with Gasteiger partial charge in [-0.15, -0.1) is 0 Å². The van der Waals surface area contributed by atoms with E-state index in [0.717, 1.165) is 13.0 Å². The highest BCUT2D eigenvalue weighted by Crippen LogP contribution is 2.21. The molecule has 0 saturated carbocycles. The SMILES string of the molecule is NCc1cn(CCc2ccncc2)c2ccccc12. The van der Waals surface area contributed by atoms with Crippen molar-refractivity contribution in [3.63, 3.8) is 0 Å². The van der Waals surface area contributed by atoms with Crippen LogP contribution >= 0.6 is 0 Å². The monoisotopic (exact) mass is 251 g/mol. The summed E-state index contributed by atoms with van der Waals surface area (Å²) in [7, 11) is 0. The topological polar surface area (TPSA) is 43.8 Å². The zero-order valence-electron chi connectivity index (χ0n) is 10.8. The van der Waals surface area contributed by atoms with E-state index >= 15 is 0 Å². The van der Waals surface area contributed by atoms with Crippen molar-refractivity contribution in [3.05, 3.63) is 66.1 Å². The minimum atomic E-state index is 0.586. The Morgan fingerprint density at radius 2 is 1.84 bits per heavy atom. The van der Waals surface area contributed by atoms with Gasteiger partial charge >= 0.3 is 0 Å². The predicted molar refractivity (Wildman–Crippen MR) is 77.8 cm³/mol. The van der Waals surface area contributed by atoms with Gasteiger partial charge in [0, 0.05) is 42.6 Å². The van der Waals surface area contributed by atoms with E-state index in [9.17, 15) is 0 Å². The van der Waals surface area contributed by atoms with E-state index in [0.29, 0.717) is 6.54 Å². The van der Waals surface area contributed by atoms with Gasteiger partial charge in [0.25, 0.3) is 0 Å². The van der Waals surface area contributed by atoms with E-state index in [-0.39, 0.29) is 0 Å². The largest absolute Gasteiger partial charge is 0.347 e. The van der Waals surface area contributed by atoms with Gasteiger partial charge in [0.05, 0.1) is 0 Å². The van der Waals surface area contributed by atoms with Crippen LogP contribution in [0.5, 0.6) is 0 Å². The maximum Gasteiger partial charge on any atom is 0.0483 e. The van der Waals surface area contributed by atoms with Gasteiger partial charge in [-0.3, -0.25) is 4.98 Å². The van der Waals surface area contributed by atoms with Crippen LogP contribution in [0.2, 0.25) is 0 Å². The molecule has 3 nitrogen and oxygen atoms in total. The highest BCUT2D eigenvalue weighted by molar-refractivity contribution is 5.83. The van der Waals surface area contributed by atoms with Gasteiger partial charge < -0.3 is 10.3 Å². The first-order valence-corrected chi connectivity index (χ1v) is 6.54. The number of benzene rings is 1. The van der Waals surface area contributed by atoms with Crippen molar-refractivity contribution in [3.8, 4) is 0 Å². The lowest BCUT2D eigenvalue weighted by Crippen LogP contribution is -2.00. The maximum atomic E-state index is 5.81. The number of pyridine rings is 1. The first kappa shape index (κ1) is 11.9. The van der Waals surface area contributed by atoms with Crippen LogP contribution in [0.1, 0.15) is 11.1 Å². The van der Waals surface area contributed by atoms with Gasteiger partial charge in [-0.25, -0.2) is 0 Å². The zero-order valence-corrected chi connectivity index (χ0v) is 10.8. The highest BCUT2D eigenvalue weighted by Gasteiger charge is 2.06. The third-order valence-corrected chi connectivity index (χ3v) is 3.48. The predicted octanol–water partition coefficient (Wildman–Crippen LogP) is 2.74. The molecule has 19 heavy (non-hydrogen) atoms. The average Bonchev–Trinajstić information content (AvgIpc) is 2.84. The summed E-state index contributed by atoms with van der Waals surface area (Å²) in [6, 6.07) is 12.6. The van der Waals surface area contributed by atoms with Gasteiger partial charge in [0.15, 0.2) is 0 Å². The van der Waals surface area contributed by atoms with Gasteiger partial charge in [-0.2, -0.15) is 0 Å². The van der Waals surface area contributed by atoms with E-state index < -0.39 is 0 Å². The number of para-hydroxylation sites is 1. The molecule has 2 aromatic heterocycles. The number of hydrogen-bond donors (Lipinski definition) is 1. The Morgan fingerprint density at radius 1 is 1.05 bits per heavy atom. The summed E-state index contributed by atoms with van der Waals surface area (Å²) in [5, 5.41) is 1.26. The van der Waals surface area contributed by atoms with Crippen LogP contribution in [-0.4, -0.2) is 9.55 Å². The average molecular weight is 251 g/mol. The Hall–Kier alpha value is -2.13. The van der Waals surface area contributed by atoms with Crippen molar-refractivity contribution < 1.29 is 0 Å². The lowest BCUT2D eigenvalue weighted by Gasteiger charge is -2.05. The van der Waals surface area contributed by atoms with Crippen LogP contribution in [0.3, 0.4) is 0 Å². The molecular weight excluding hydrogens is 234 g/mol. The Morgan fingerprint density at radius 3 is 2.63 bits per heavy atom. The van der Waals surface area contributed by atoms with E-state index in [1.165, 1.54) is 22.0 Å². The van der Waals surface area contributed by atoms with E-state index in [1.807, 2.05) is 12.4 Å². The molecule has 0 unspecified atom stereocenters. The number of aromatic nitrogens is 2. The summed E-state index contributed by atoms with van der Waals surface area (Å²) in [4.78, 5) is 4.04. The fourth-order valence-electron chi connectivity index (χ4n) is 2.47. The normalized spacial score (nSPS) is 11.0. The lowest BCUT2D eigenvalue weighted by molar-refractivity contribution is 0.719. The number of aryl methyl sites for hydroxylation is 2. The molecule has 3 heteroatoms. The summed E-state index contributed by atoms with van der Waals surface area (Å²) in [5.41, 5.74) is 9.60. The van der Waals surface area contributed by atoms with Crippen LogP contribution in [0, 0.1) is 0 Å². The van der Waals surface area contributed by atoms with Crippen molar-refractivity contribution in [2.45, 2.75) is 19.5 Å². The Bertz CT molecular complexity index is 671. The first-order chi connectivity index (χ1) is 9.38. The zero-order chi connectivity index (χ0) is 13.1. The van der Waals surface area contributed by atoms with Gasteiger partial charge in [0.1, 0.15) is 0 Å². The summed E-state index contributed by atoms with van der Waals surface area (Å²) in [5.74, 6) is 0. The fraction of sp³-hybridized carbons (Fsp3) is 0.188. The summed E-state index contributed by atoms with van der Waals surface area (Å²) in [6.45, 7) is 1.55. The Balaban J connectivity index is 1.89. The third kappa shape index (κ3) is 2.37. The first-order valence-electron chi connectivity index (χ1n) is 6.54. The molecule has 0 amide bonds. The molecule has 2 N–H and O–H groups in total. The van der Waals surface area contributed by atoms with Crippen molar-refractivity contribution in [2.24, 2.45) is 5.73 Å². The van der Waals surface area contributed by atoms with Crippen LogP contribution in [0.25, 0.3) is 10.9 Å². The molecule has 0 spiro atoms. The molecule has 96 valence electrons. The minimum absolute atomic E-state index is 0.586. The summed E-state index contributed by atoms with van der Waals surface area (Å²) in [6.07, 6.45) is 6.86. The molecule has 0 fully saturated rings. The second-order valence-corrected chi connectivity index (χ2v) is 4.67. The van der Waals surface area contributed by atoms with Crippen molar-refractivity contribution in [1.82, 2.24) is 9.55 Å². The van der Waals surface area contributed by atoms with E-state index in [2.05, 4.69) is 52.1 Å². The minimum Gasteiger partial charge on any atom is -0.347 e. The van der Waals surface area contributed by atoms with Crippen LogP contribution in [-0.2, 0) is 19.5 Å². The summed E-state index contributed by atoms with van der Waals surface area (Å²) >= 11 is 0. The molecule has 0 aliphatic rings. The van der Waals surface area contributed by atoms with E-state index in [1.54, 1.807) is 0 Å². The second kappa shape index (κ2) is 5.24. The molecule has 0 radical (unpaired) electrons.